The lowest BCUT2D eigenvalue weighted by molar-refractivity contribution is -0.122. The third-order valence-corrected chi connectivity index (χ3v) is 3.24. The summed E-state index contributed by atoms with van der Waals surface area (Å²) in [5, 5.41) is 2.84. The Kier molecular flexibility index (Phi) is 5.06. The molecule has 3 nitrogen and oxygen atoms in total. The van der Waals surface area contributed by atoms with E-state index >= 15 is 0 Å². The first-order chi connectivity index (χ1) is 8.70. The van der Waals surface area contributed by atoms with Crippen molar-refractivity contribution in [2.24, 2.45) is 11.1 Å². The van der Waals surface area contributed by atoms with Gasteiger partial charge in [-0.05, 0) is 30.0 Å². The largest absolute Gasteiger partial charge is 0.350 e. The van der Waals surface area contributed by atoms with E-state index in [4.69, 9.17) is 5.73 Å². The lowest BCUT2D eigenvalue weighted by Gasteiger charge is -2.27. The van der Waals surface area contributed by atoms with Crippen LogP contribution in [0.4, 0.5) is 4.39 Å². The van der Waals surface area contributed by atoms with E-state index in [1.54, 1.807) is 12.1 Å². The van der Waals surface area contributed by atoms with E-state index in [0.29, 0.717) is 0 Å². The maximum atomic E-state index is 13.1. The molecule has 1 amide bonds. The predicted molar refractivity (Wildman–Crippen MR) is 75.0 cm³/mol. The first-order valence-electron chi connectivity index (χ1n) is 6.50. The van der Waals surface area contributed by atoms with E-state index in [2.05, 4.69) is 5.32 Å². The van der Waals surface area contributed by atoms with Crippen molar-refractivity contribution in [3.63, 3.8) is 0 Å². The first kappa shape index (κ1) is 15.6. The van der Waals surface area contributed by atoms with Crippen molar-refractivity contribution in [3.05, 3.63) is 35.6 Å². The summed E-state index contributed by atoms with van der Waals surface area (Å²) in [6.07, 6.45) is 0.267. The minimum atomic E-state index is -0.301. The average Bonchev–Trinajstić information content (AvgIpc) is 2.27. The van der Waals surface area contributed by atoms with Crippen molar-refractivity contribution in [1.29, 1.82) is 0 Å². The summed E-state index contributed by atoms with van der Waals surface area (Å²) in [7, 11) is 0. The van der Waals surface area contributed by atoms with E-state index in [0.717, 1.165) is 5.56 Å². The quantitative estimate of drug-likeness (QED) is 0.880. The maximum absolute atomic E-state index is 13.1. The summed E-state index contributed by atoms with van der Waals surface area (Å²) in [6.45, 7) is 7.83. The van der Waals surface area contributed by atoms with Crippen LogP contribution in [0.25, 0.3) is 0 Å². The van der Waals surface area contributed by atoms with E-state index < -0.39 is 0 Å². The fourth-order valence-electron chi connectivity index (χ4n) is 1.67. The van der Waals surface area contributed by atoms with Gasteiger partial charge < -0.3 is 11.1 Å². The normalized spacial score (nSPS) is 14.8. The maximum Gasteiger partial charge on any atom is 0.222 e. The van der Waals surface area contributed by atoms with E-state index in [1.165, 1.54) is 12.1 Å². The van der Waals surface area contributed by atoms with Crippen LogP contribution in [0.15, 0.2) is 24.3 Å². The summed E-state index contributed by atoms with van der Waals surface area (Å²) < 4.78 is 13.1. The van der Waals surface area contributed by atoms with Crippen LogP contribution in [0.5, 0.6) is 0 Å². The summed E-state index contributed by atoms with van der Waals surface area (Å²) >= 11 is 0. The lowest BCUT2D eigenvalue weighted by atomic mass is 9.85. The van der Waals surface area contributed by atoms with Gasteiger partial charge in [0.15, 0.2) is 0 Å². The smallest absolute Gasteiger partial charge is 0.222 e. The van der Waals surface area contributed by atoms with Crippen LogP contribution in [0, 0.1) is 11.2 Å². The minimum absolute atomic E-state index is 0.112. The fraction of sp³-hybridized carbons (Fsp3) is 0.533. The van der Waals surface area contributed by atoms with Crippen LogP contribution in [0.2, 0.25) is 0 Å². The van der Waals surface area contributed by atoms with Gasteiger partial charge in [-0.25, -0.2) is 4.39 Å². The molecule has 0 fully saturated rings. The molecule has 0 aliphatic carbocycles. The van der Waals surface area contributed by atoms with Gasteiger partial charge in [-0.1, -0.05) is 32.9 Å². The lowest BCUT2D eigenvalue weighted by Crippen LogP contribution is -2.40. The van der Waals surface area contributed by atoms with Crippen molar-refractivity contribution in [2.45, 2.75) is 46.2 Å². The first-order valence-corrected chi connectivity index (χ1v) is 6.50. The van der Waals surface area contributed by atoms with Crippen molar-refractivity contribution in [3.8, 4) is 0 Å². The van der Waals surface area contributed by atoms with Crippen LogP contribution in [-0.4, -0.2) is 11.9 Å². The van der Waals surface area contributed by atoms with Crippen LogP contribution >= 0.6 is 0 Å². The van der Waals surface area contributed by atoms with Gasteiger partial charge in [-0.15, -0.1) is 0 Å². The topological polar surface area (TPSA) is 55.1 Å². The van der Waals surface area contributed by atoms with Gasteiger partial charge in [0.1, 0.15) is 5.82 Å². The summed E-state index contributed by atoms with van der Waals surface area (Å²) in [5.74, 6) is -0.413. The molecule has 19 heavy (non-hydrogen) atoms. The van der Waals surface area contributed by atoms with Crippen molar-refractivity contribution >= 4 is 5.91 Å². The van der Waals surface area contributed by atoms with Crippen molar-refractivity contribution < 1.29 is 9.18 Å². The summed E-state index contributed by atoms with van der Waals surface area (Å²) in [4.78, 5) is 11.9. The highest BCUT2D eigenvalue weighted by molar-refractivity contribution is 5.77. The molecular formula is C15H23FN2O. The number of hydrogen-bond acceptors (Lipinski definition) is 2. The Hall–Kier alpha value is -1.42. The molecule has 0 saturated heterocycles. The van der Waals surface area contributed by atoms with Gasteiger partial charge in [0, 0.05) is 12.5 Å². The van der Waals surface area contributed by atoms with E-state index in [-0.39, 0.29) is 35.6 Å². The molecule has 0 aliphatic heterocycles. The molecule has 1 aromatic carbocycles. The Bertz CT molecular complexity index is 440. The number of carbonyl (C=O) groups excluding carboxylic acids is 1. The van der Waals surface area contributed by atoms with E-state index in [9.17, 15) is 9.18 Å². The zero-order valence-electron chi connectivity index (χ0n) is 12.0. The Balaban J connectivity index is 2.58. The highest BCUT2D eigenvalue weighted by atomic mass is 19.1. The number of hydrogen-bond donors (Lipinski definition) is 2. The zero-order chi connectivity index (χ0) is 14.6. The Morgan fingerprint density at radius 2 is 2.05 bits per heavy atom. The van der Waals surface area contributed by atoms with Gasteiger partial charge in [0.05, 0.1) is 6.04 Å². The second-order valence-electron chi connectivity index (χ2n) is 6.02. The number of carbonyl (C=O) groups is 1. The minimum Gasteiger partial charge on any atom is -0.350 e. The molecule has 3 N–H and O–H groups in total. The van der Waals surface area contributed by atoms with Gasteiger partial charge in [0.2, 0.25) is 5.91 Å². The molecule has 1 unspecified atom stereocenters. The Labute approximate surface area is 114 Å². The average molecular weight is 266 g/mol. The number of nitrogens with two attached hydrogens (primary N) is 1. The molecule has 0 spiro atoms. The molecule has 106 valence electrons. The molecule has 1 aromatic rings. The van der Waals surface area contributed by atoms with Crippen LogP contribution in [0.3, 0.4) is 0 Å². The van der Waals surface area contributed by atoms with Crippen LogP contribution in [0.1, 0.15) is 45.7 Å². The van der Waals surface area contributed by atoms with Gasteiger partial charge in [0.25, 0.3) is 0 Å². The molecule has 0 radical (unpaired) electrons. The van der Waals surface area contributed by atoms with Crippen molar-refractivity contribution in [1.82, 2.24) is 5.32 Å². The van der Waals surface area contributed by atoms with Gasteiger partial charge in [-0.3, -0.25) is 4.79 Å². The fourth-order valence-corrected chi connectivity index (χ4v) is 1.67. The monoisotopic (exact) mass is 266 g/mol. The molecule has 1 rings (SSSR count). The number of nitrogens with one attached hydrogen (secondary N) is 1. The number of rotatable bonds is 4. The Morgan fingerprint density at radius 3 is 2.58 bits per heavy atom. The number of benzene rings is 1. The highest BCUT2D eigenvalue weighted by Gasteiger charge is 2.23. The van der Waals surface area contributed by atoms with Gasteiger partial charge in [-0.2, -0.15) is 0 Å². The molecule has 0 aromatic heterocycles. The molecule has 2 atom stereocenters. The SMILES string of the molecule is C[C@H](NC(=O)CC(N)C(C)(C)C)c1cccc(F)c1. The predicted octanol–water partition coefficient (Wildman–Crippen LogP) is 2.77. The summed E-state index contributed by atoms with van der Waals surface area (Å²) in [6, 6.07) is 5.80. The second-order valence-corrected chi connectivity index (χ2v) is 6.02. The molecule has 0 heterocycles. The number of amides is 1. The second kappa shape index (κ2) is 6.15. The van der Waals surface area contributed by atoms with Crippen LogP contribution < -0.4 is 11.1 Å². The number of halogens is 1. The molecular weight excluding hydrogens is 243 g/mol. The van der Waals surface area contributed by atoms with Crippen LogP contribution in [-0.2, 0) is 4.79 Å². The summed E-state index contributed by atoms with van der Waals surface area (Å²) in [5.41, 5.74) is 6.61. The standard InChI is InChI=1S/C15H23FN2O/c1-10(11-6-5-7-12(16)8-11)18-14(19)9-13(17)15(2,3)4/h5-8,10,13H,9,17H2,1-4H3,(H,18,19)/t10-,13?/m0/s1. The van der Waals surface area contributed by atoms with E-state index in [1.807, 2.05) is 27.7 Å². The molecule has 4 heteroatoms. The third-order valence-electron chi connectivity index (χ3n) is 3.24. The van der Waals surface area contributed by atoms with Gasteiger partial charge >= 0.3 is 0 Å². The Morgan fingerprint density at radius 1 is 1.42 bits per heavy atom. The van der Waals surface area contributed by atoms with Crippen molar-refractivity contribution in [2.75, 3.05) is 0 Å². The third kappa shape index (κ3) is 4.99. The molecule has 0 aliphatic rings. The molecule has 0 saturated carbocycles. The molecule has 0 bridgehead atoms. The zero-order valence-corrected chi connectivity index (χ0v) is 12.0. The highest BCUT2D eigenvalue weighted by Crippen LogP contribution is 2.20.